The van der Waals surface area contributed by atoms with Crippen LogP contribution in [0.25, 0.3) is 0 Å². The fraction of sp³-hybridized carbons (Fsp3) is 0.125. The first-order valence-corrected chi connectivity index (χ1v) is 11.1. The van der Waals surface area contributed by atoms with Crippen molar-refractivity contribution < 1.29 is 24.3 Å². The molecule has 1 aromatic heterocycles. The number of likely N-dealkylation sites (N-methyl/N-ethyl adjacent to an activating group) is 1. The first kappa shape index (κ1) is 22.9. The van der Waals surface area contributed by atoms with Gasteiger partial charge < -0.3 is 15.7 Å². The summed E-state index contributed by atoms with van der Waals surface area (Å²) in [4.78, 5) is 54.0. The largest absolute Gasteiger partial charge is 0.479 e. The number of aliphatic carboxylic acids is 1. The van der Waals surface area contributed by atoms with Gasteiger partial charge in [0, 0.05) is 7.05 Å². The molecule has 3 aromatic rings. The summed E-state index contributed by atoms with van der Waals surface area (Å²) in [5.41, 5.74) is 2.11. The summed E-state index contributed by atoms with van der Waals surface area (Å²) < 4.78 is 0. The zero-order chi connectivity index (χ0) is 24.2. The van der Waals surface area contributed by atoms with Gasteiger partial charge in [-0.3, -0.25) is 14.5 Å². The lowest BCUT2D eigenvalue weighted by Gasteiger charge is -2.25. The summed E-state index contributed by atoms with van der Waals surface area (Å²) in [6.45, 7) is 0. The lowest BCUT2D eigenvalue weighted by atomic mass is 9.99. The first-order valence-electron chi connectivity index (χ1n) is 10.2. The minimum absolute atomic E-state index is 0.00460. The summed E-state index contributed by atoms with van der Waals surface area (Å²) >= 11 is 1.16. The standard InChI is InChI=1S/C24H20N4O5S/c1-28-21(26-18(23(31)32)19(29)22(28)30)20-16(12-13-34-20)25-24(33)27-17(14-8-4-2-5-9-14)15-10-6-3-7-11-15/h2-13,17-18H,1H3,(H,31,32)(H2,25,27,33). The summed E-state index contributed by atoms with van der Waals surface area (Å²) in [5, 5.41) is 16.7. The summed E-state index contributed by atoms with van der Waals surface area (Å²) in [7, 11) is 1.33. The molecule has 0 saturated heterocycles. The second-order valence-corrected chi connectivity index (χ2v) is 8.35. The number of carbonyl (C=O) groups excluding carboxylic acids is 3. The highest BCUT2D eigenvalue weighted by Gasteiger charge is 2.40. The predicted octanol–water partition coefficient (Wildman–Crippen LogP) is 2.90. The Morgan fingerprint density at radius 3 is 2.15 bits per heavy atom. The Bertz CT molecular complexity index is 1230. The minimum Gasteiger partial charge on any atom is -0.479 e. The molecular formula is C24H20N4O5S. The van der Waals surface area contributed by atoms with Crippen molar-refractivity contribution in [3.63, 3.8) is 0 Å². The molecule has 9 nitrogen and oxygen atoms in total. The van der Waals surface area contributed by atoms with E-state index in [1.54, 1.807) is 11.4 Å². The first-order chi connectivity index (χ1) is 16.4. The molecule has 1 aliphatic rings. The van der Waals surface area contributed by atoms with Crippen LogP contribution in [0.1, 0.15) is 22.0 Å². The number of urea groups is 1. The number of ketones is 1. The smallest absolute Gasteiger partial charge is 0.336 e. The van der Waals surface area contributed by atoms with Gasteiger partial charge in [0.1, 0.15) is 0 Å². The monoisotopic (exact) mass is 476 g/mol. The number of hydrogen-bond acceptors (Lipinski definition) is 6. The topological polar surface area (TPSA) is 128 Å². The average molecular weight is 477 g/mol. The number of nitrogens with zero attached hydrogens (tertiary/aromatic N) is 2. The number of aliphatic imine (C=N–C) groups is 1. The maximum absolute atomic E-state index is 13.0. The van der Waals surface area contributed by atoms with Crippen molar-refractivity contribution in [2.24, 2.45) is 4.99 Å². The molecule has 172 valence electrons. The molecule has 1 unspecified atom stereocenters. The van der Waals surface area contributed by atoms with E-state index in [0.29, 0.717) is 10.6 Å². The van der Waals surface area contributed by atoms with Crippen molar-refractivity contribution in [2.45, 2.75) is 12.1 Å². The number of amidine groups is 1. The van der Waals surface area contributed by atoms with Crippen LogP contribution in [0, 0.1) is 0 Å². The molecule has 34 heavy (non-hydrogen) atoms. The Labute approximate surface area is 198 Å². The van der Waals surface area contributed by atoms with Crippen molar-refractivity contribution in [2.75, 3.05) is 12.4 Å². The van der Waals surface area contributed by atoms with Crippen LogP contribution in [0.2, 0.25) is 0 Å². The third-order valence-electron chi connectivity index (χ3n) is 5.22. The number of thiophene rings is 1. The predicted molar refractivity (Wildman–Crippen MR) is 127 cm³/mol. The maximum atomic E-state index is 13.0. The van der Waals surface area contributed by atoms with Gasteiger partial charge in [-0.25, -0.2) is 14.6 Å². The number of carboxylic acid groups (broad SMARTS) is 1. The quantitative estimate of drug-likeness (QED) is 0.372. The van der Waals surface area contributed by atoms with Gasteiger partial charge in [0.25, 0.3) is 11.7 Å². The van der Waals surface area contributed by atoms with Crippen LogP contribution in [0.5, 0.6) is 0 Å². The Morgan fingerprint density at radius 2 is 1.59 bits per heavy atom. The highest BCUT2D eigenvalue weighted by Crippen LogP contribution is 2.27. The summed E-state index contributed by atoms with van der Waals surface area (Å²) in [5.74, 6) is -3.60. The Hall–Kier alpha value is -4.31. The van der Waals surface area contributed by atoms with Gasteiger partial charge in [-0.1, -0.05) is 60.7 Å². The summed E-state index contributed by atoms with van der Waals surface area (Å²) in [6, 6.07) is 17.8. The number of carboxylic acids is 1. The van der Waals surface area contributed by atoms with Gasteiger partial charge in [-0.15, -0.1) is 11.3 Å². The number of rotatable bonds is 6. The lowest BCUT2D eigenvalue weighted by Crippen LogP contribution is -2.50. The molecular weight excluding hydrogens is 456 g/mol. The average Bonchev–Trinajstić information content (AvgIpc) is 3.29. The molecule has 0 aliphatic carbocycles. The van der Waals surface area contributed by atoms with Gasteiger partial charge in [0.15, 0.2) is 5.84 Å². The van der Waals surface area contributed by atoms with E-state index in [0.717, 1.165) is 27.4 Å². The fourth-order valence-corrected chi connectivity index (χ4v) is 4.43. The van der Waals surface area contributed by atoms with Gasteiger partial charge in [0.2, 0.25) is 6.04 Å². The number of Topliss-reactive ketones (excluding diaryl/α,β-unsaturated/α-hetero) is 1. The van der Waals surface area contributed by atoms with Crippen molar-refractivity contribution in [3.05, 3.63) is 88.1 Å². The normalized spacial score (nSPS) is 15.8. The second-order valence-electron chi connectivity index (χ2n) is 7.44. The Morgan fingerprint density at radius 1 is 1.00 bits per heavy atom. The molecule has 4 rings (SSSR count). The van der Waals surface area contributed by atoms with Crippen molar-refractivity contribution in [3.8, 4) is 0 Å². The molecule has 2 heterocycles. The number of amides is 3. The number of nitrogens with one attached hydrogen (secondary N) is 2. The Kier molecular flexibility index (Phi) is 6.51. The molecule has 0 radical (unpaired) electrons. The molecule has 3 N–H and O–H groups in total. The number of anilines is 1. The number of benzene rings is 2. The Balaban J connectivity index is 1.60. The van der Waals surface area contributed by atoms with E-state index < -0.39 is 35.8 Å². The van der Waals surface area contributed by atoms with Gasteiger partial charge in [0.05, 0.1) is 16.6 Å². The SMILES string of the molecule is CN1C(=O)C(=O)C(C(=O)O)N=C1c1sccc1NC(=O)NC(c1ccccc1)c1ccccc1. The fourth-order valence-electron chi connectivity index (χ4n) is 3.54. The van der Waals surface area contributed by atoms with E-state index in [1.165, 1.54) is 7.05 Å². The highest BCUT2D eigenvalue weighted by atomic mass is 32.1. The van der Waals surface area contributed by atoms with E-state index in [1.807, 2.05) is 60.7 Å². The minimum atomic E-state index is -1.82. The van der Waals surface area contributed by atoms with Gasteiger partial charge in [-0.05, 0) is 22.6 Å². The van der Waals surface area contributed by atoms with Gasteiger partial charge >= 0.3 is 12.0 Å². The molecule has 0 bridgehead atoms. The van der Waals surface area contributed by atoms with E-state index in [2.05, 4.69) is 15.6 Å². The van der Waals surface area contributed by atoms with Crippen LogP contribution in [0.3, 0.4) is 0 Å². The van der Waals surface area contributed by atoms with Crippen LogP contribution in [0.4, 0.5) is 10.5 Å². The van der Waals surface area contributed by atoms with E-state index in [4.69, 9.17) is 0 Å². The van der Waals surface area contributed by atoms with E-state index in [9.17, 15) is 24.3 Å². The zero-order valence-electron chi connectivity index (χ0n) is 18.0. The molecule has 2 aromatic carbocycles. The van der Waals surface area contributed by atoms with Crippen LogP contribution < -0.4 is 10.6 Å². The van der Waals surface area contributed by atoms with Gasteiger partial charge in [-0.2, -0.15) is 0 Å². The number of carbonyl (C=O) groups is 4. The lowest BCUT2D eigenvalue weighted by molar-refractivity contribution is -0.149. The molecule has 3 amide bonds. The molecule has 1 aliphatic heterocycles. The molecule has 10 heteroatoms. The second kappa shape index (κ2) is 9.67. The van der Waals surface area contributed by atoms with Crippen LogP contribution >= 0.6 is 11.3 Å². The third kappa shape index (κ3) is 4.57. The molecule has 0 spiro atoms. The van der Waals surface area contributed by atoms with Crippen LogP contribution in [-0.4, -0.2) is 52.6 Å². The van der Waals surface area contributed by atoms with Crippen LogP contribution in [0.15, 0.2) is 77.1 Å². The van der Waals surface area contributed by atoms with Crippen molar-refractivity contribution in [1.29, 1.82) is 0 Å². The number of hydrogen-bond donors (Lipinski definition) is 3. The van der Waals surface area contributed by atoms with Crippen molar-refractivity contribution >= 4 is 46.6 Å². The zero-order valence-corrected chi connectivity index (χ0v) is 18.8. The highest BCUT2D eigenvalue weighted by molar-refractivity contribution is 7.12. The van der Waals surface area contributed by atoms with E-state index >= 15 is 0 Å². The van der Waals surface area contributed by atoms with E-state index in [-0.39, 0.29) is 5.84 Å². The molecule has 0 saturated carbocycles. The molecule has 0 fully saturated rings. The summed E-state index contributed by atoms with van der Waals surface area (Å²) in [6.07, 6.45) is 0. The third-order valence-corrected chi connectivity index (χ3v) is 6.13. The maximum Gasteiger partial charge on any atom is 0.336 e. The molecule has 1 atom stereocenters. The van der Waals surface area contributed by atoms with Crippen molar-refractivity contribution in [1.82, 2.24) is 10.2 Å². The van der Waals surface area contributed by atoms with Crippen LogP contribution in [-0.2, 0) is 14.4 Å².